The Balaban J connectivity index is 1.44. The number of nitrogens with one attached hydrogen (secondary N) is 1. The van der Waals surface area contributed by atoms with Crippen LogP contribution < -0.4 is 5.32 Å². The van der Waals surface area contributed by atoms with Crippen LogP contribution in [0.5, 0.6) is 0 Å². The topological polar surface area (TPSA) is 35.6 Å². The Hall–Kier alpha value is -1.30. The third-order valence-electron chi connectivity index (χ3n) is 4.37. The Morgan fingerprint density at radius 3 is 2.15 bits per heavy atom. The molecule has 26 heavy (non-hydrogen) atoms. The van der Waals surface area contributed by atoms with Gasteiger partial charge < -0.3 is 5.32 Å². The van der Waals surface area contributed by atoms with Crippen molar-refractivity contribution >= 4 is 46.4 Å². The molecule has 0 aromatic heterocycles. The Labute approximate surface area is 168 Å². The number of hydrogen-bond donors (Lipinski definition) is 1. The van der Waals surface area contributed by atoms with Gasteiger partial charge in [-0.25, -0.2) is 0 Å². The fourth-order valence-electron chi connectivity index (χ4n) is 2.93. The number of piperazine rings is 1. The average molecular weight is 413 g/mol. The minimum Gasteiger partial charge on any atom is -0.325 e. The van der Waals surface area contributed by atoms with E-state index in [0.29, 0.717) is 21.6 Å². The summed E-state index contributed by atoms with van der Waals surface area (Å²) in [6.07, 6.45) is 0. The maximum atomic E-state index is 12.2. The molecule has 3 rings (SSSR count). The van der Waals surface area contributed by atoms with Crippen molar-refractivity contribution in [3.63, 3.8) is 0 Å². The summed E-state index contributed by atoms with van der Waals surface area (Å²) < 4.78 is 0. The monoisotopic (exact) mass is 411 g/mol. The predicted octanol–water partition coefficient (Wildman–Crippen LogP) is 4.40. The van der Waals surface area contributed by atoms with Crippen molar-refractivity contribution in [1.29, 1.82) is 0 Å². The molecule has 2 aromatic rings. The predicted molar refractivity (Wildman–Crippen MR) is 108 cm³/mol. The standard InChI is InChI=1S/C19H20Cl3N3O/c20-15-3-5-17(6-4-15)23-19(26)13-25-9-7-24(8-10-25)12-14-1-2-16(21)11-18(14)22/h1-6,11H,7-10,12-13H2,(H,23,26). The largest absolute Gasteiger partial charge is 0.325 e. The van der Waals surface area contributed by atoms with Crippen LogP contribution in [0, 0.1) is 0 Å². The maximum Gasteiger partial charge on any atom is 0.238 e. The summed E-state index contributed by atoms with van der Waals surface area (Å²) >= 11 is 18.0. The molecule has 1 N–H and O–H groups in total. The van der Waals surface area contributed by atoms with Gasteiger partial charge in [0.2, 0.25) is 5.91 Å². The van der Waals surface area contributed by atoms with E-state index in [9.17, 15) is 4.79 Å². The number of hydrogen-bond acceptors (Lipinski definition) is 3. The second-order valence-corrected chi connectivity index (χ2v) is 7.62. The van der Waals surface area contributed by atoms with E-state index in [2.05, 4.69) is 15.1 Å². The molecule has 0 unspecified atom stereocenters. The molecule has 1 aliphatic heterocycles. The van der Waals surface area contributed by atoms with Crippen LogP contribution in [0.2, 0.25) is 15.1 Å². The van der Waals surface area contributed by atoms with Gasteiger partial charge in [-0.2, -0.15) is 0 Å². The van der Waals surface area contributed by atoms with E-state index >= 15 is 0 Å². The summed E-state index contributed by atoms with van der Waals surface area (Å²) in [5.74, 6) is -0.0125. The summed E-state index contributed by atoms with van der Waals surface area (Å²) in [7, 11) is 0. The zero-order valence-corrected chi connectivity index (χ0v) is 16.5. The molecule has 7 heteroatoms. The molecule has 1 amide bonds. The lowest BCUT2D eigenvalue weighted by Gasteiger charge is -2.34. The molecule has 0 saturated carbocycles. The zero-order valence-electron chi connectivity index (χ0n) is 14.2. The van der Waals surface area contributed by atoms with E-state index in [4.69, 9.17) is 34.8 Å². The third-order valence-corrected chi connectivity index (χ3v) is 5.21. The highest BCUT2D eigenvalue weighted by Crippen LogP contribution is 2.22. The Kier molecular flexibility index (Phi) is 6.79. The Morgan fingerprint density at radius 1 is 0.885 bits per heavy atom. The van der Waals surface area contributed by atoms with Gasteiger partial charge in [0.05, 0.1) is 6.54 Å². The van der Waals surface area contributed by atoms with Gasteiger partial charge in [0.15, 0.2) is 0 Å². The van der Waals surface area contributed by atoms with Crippen LogP contribution in [0.25, 0.3) is 0 Å². The van der Waals surface area contributed by atoms with Gasteiger partial charge in [-0.05, 0) is 42.0 Å². The minimum absolute atomic E-state index is 0.0125. The van der Waals surface area contributed by atoms with Crippen molar-refractivity contribution in [3.05, 3.63) is 63.1 Å². The van der Waals surface area contributed by atoms with Gasteiger partial charge in [0, 0.05) is 53.5 Å². The first-order chi connectivity index (χ1) is 12.5. The fraction of sp³-hybridized carbons (Fsp3) is 0.316. The van der Waals surface area contributed by atoms with Gasteiger partial charge in [-0.3, -0.25) is 14.6 Å². The van der Waals surface area contributed by atoms with Crippen molar-refractivity contribution in [1.82, 2.24) is 9.80 Å². The van der Waals surface area contributed by atoms with Crippen LogP contribution in [0.3, 0.4) is 0 Å². The Bertz CT molecular complexity index is 759. The lowest BCUT2D eigenvalue weighted by molar-refractivity contribution is -0.117. The number of rotatable bonds is 5. The number of benzene rings is 2. The number of nitrogens with zero attached hydrogens (tertiary/aromatic N) is 2. The molecule has 1 saturated heterocycles. The van der Waals surface area contributed by atoms with Gasteiger partial charge in [0.1, 0.15) is 0 Å². The Morgan fingerprint density at radius 2 is 1.50 bits per heavy atom. The highest BCUT2D eigenvalue weighted by atomic mass is 35.5. The normalized spacial score (nSPS) is 15.8. The van der Waals surface area contributed by atoms with Crippen molar-refractivity contribution < 1.29 is 4.79 Å². The highest BCUT2D eigenvalue weighted by Gasteiger charge is 2.19. The molecule has 0 aliphatic carbocycles. The average Bonchev–Trinajstić information content (AvgIpc) is 2.61. The minimum atomic E-state index is -0.0125. The SMILES string of the molecule is O=C(CN1CCN(Cc2ccc(Cl)cc2Cl)CC1)Nc1ccc(Cl)cc1. The van der Waals surface area contributed by atoms with Crippen LogP contribution in [-0.2, 0) is 11.3 Å². The van der Waals surface area contributed by atoms with E-state index in [1.54, 1.807) is 30.3 Å². The molecule has 138 valence electrons. The number of carbonyl (C=O) groups excluding carboxylic acids is 1. The van der Waals surface area contributed by atoms with E-state index in [0.717, 1.165) is 44.0 Å². The smallest absolute Gasteiger partial charge is 0.238 e. The molecule has 1 fully saturated rings. The molecule has 1 heterocycles. The van der Waals surface area contributed by atoms with E-state index in [1.807, 2.05) is 12.1 Å². The number of anilines is 1. The first-order valence-corrected chi connectivity index (χ1v) is 9.57. The molecule has 1 aliphatic rings. The summed E-state index contributed by atoms with van der Waals surface area (Å²) in [5, 5.41) is 4.90. The fourth-order valence-corrected chi connectivity index (χ4v) is 3.53. The third kappa shape index (κ3) is 5.60. The number of carbonyl (C=O) groups is 1. The van der Waals surface area contributed by atoms with Crippen molar-refractivity contribution in [3.8, 4) is 0 Å². The van der Waals surface area contributed by atoms with Gasteiger partial charge in [-0.1, -0.05) is 40.9 Å². The maximum absolute atomic E-state index is 12.2. The first-order valence-electron chi connectivity index (χ1n) is 8.43. The van der Waals surface area contributed by atoms with Crippen LogP contribution in [0.1, 0.15) is 5.56 Å². The van der Waals surface area contributed by atoms with E-state index in [-0.39, 0.29) is 5.91 Å². The molecular formula is C19H20Cl3N3O. The lowest BCUT2D eigenvalue weighted by atomic mass is 10.2. The van der Waals surface area contributed by atoms with Crippen LogP contribution in [0.4, 0.5) is 5.69 Å². The molecule has 0 bridgehead atoms. The second-order valence-electron chi connectivity index (χ2n) is 6.34. The number of amides is 1. The molecule has 0 radical (unpaired) electrons. The van der Waals surface area contributed by atoms with Crippen LogP contribution in [-0.4, -0.2) is 48.4 Å². The zero-order chi connectivity index (χ0) is 18.5. The number of halogens is 3. The van der Waals surface area contributed by atoms with E-state index < -0.39 is 0 Å². The summed E-state index contributed by atoms with van der Waals surface area (Å²) in [6.45, 7) is 4.66. The second kappa shape index (κ2) is 9.07. The molecule has 4 nitrogen and oxygen atoms in total. The summed E-state index contributed by atoms with van der Waals surface area (Å²) in [6, 6.07) is 12.7. The highest BCUT2D eigenvalue weighted by molar-refractivity contribution is 6.35. The quantitative estimate of drug-likeness (QED) is 0.790. The summed E-state index contributed by atoms with van der Waals surface area (Å²) in [5.41, 5.74) is 1.83. The first kappa shape index (κ1) is 19.5. The van der Waals surface area contributed by atoms with Crippen molar-refractivity contribution in [2.24, 2.45) is 0 Å². The molecule has 2 aromatic carbocycles. The van der Waals surface area contributed by atoms with Crippen molar-refractivity contribution in [2.45, 2.75) is 6.54 Å². The molecule has 0 spiro atoms. The van der Waals surface area contributed by atoms with E-state index in [1.165, 1.54) is 0 Å². The van der Waals surface area contributed by atoms with Crippen LogP contribution in [0.15, 0.2) is 42.5 Å². The molecule has 0 atom stereocenters. The summed E-state index contributed by atoms with van der Waals surface area (Å²) in [4.78, 5) is 16.7. The van der Waals surface area contributed by atoms with Crippen molar-refractivity contribution in [2.75, 3.05) is 38.0 Å². The molecular weight excluding hydrogens is 393 g/mol. The van der Waals surface area contributed by atoms with Gasteiger partial charge in [0.25, 0.3) is 0 Å². The van der Waals surface area contributed by atoms with Gasteiger partial charge >= 0.3 is 0 Å². The van der Waals surface area contributed by atoms with Gasteiger partial charge in [-0.15, -0.1) is 0 Å². The van der Waals surface area contributed by atoms with Crippen LogP contribution >= 0.6 is 34.8 Å². The lowest BCUT2D eigenvalue weighted by Crippen LogP contribution is -2.48.